The smallest absolute Gasteiger partial charge is 0.145 e. The number of aliphatic hydroxyl groups excluding tert-OH is 1. The van der Waals surface area contributed by atoms with Gasteiger partial charge in [-0.25, -0.2) is 4.39 Å². The molecule has 1 fully saturated rings. The summed E-state index contributed by atoms with van der Waals surface area (Å²) < 4.78 is 14.1. The summed E-state index contributed by atoms with van der Waals surface area (Å²) in [6.07, 6.45) is 3.82. The maximum Gasteiger partial charge on any atom is 0.145 e. The minimum atomic E-state index is -0.585. The van der Waals surface area contributed by atoms with E-state index < -0.39 is 11.9 Å². The van der Waals surface area contributed by atoms with E-state index in [4.69, 9.17) is 11.6 Å². The molecule has 0 radical (unpaired) electrons. The van der Waals surface area contributed by atoms with Crippen molar-refractivity contribution in [3.05, 3.63) is 34.6 Å². The summed E-state index contributed by atoms with van der Waals surface area (Å²) in [5, 5.41) is 11.0. The van der Waals surface area contributed by atoms with Gasteiger partial charge in [0.2, 0.25) is 0 Å². The molecule has 1 aromatic carbocycles. The standard InChI is InChI=1S/C17H25ClFNO/c1-3-17(4-2,20-10-5-6-11-20)15(21)12-13-8-7-9-14(18)16(13)19/h7-9,15,21H,3-6,10-12H2,1-2H3. The van der Waals surface area contributed by atoms with Crippen molar-refractivity contribution >= 4 is 11.6 Å². The number of likely N-dealkylation sites (tertiary alicyclic amines) is 1. The van der Waals surface area contributed by atoms with E-state index in [-0.39, 0.29) is 10.6 Å². The van der Waals surface area contributed by atoms with Crippen molar-refractivity contribution in [2.45, 2.75) is 57.6 Å². The van der Waals surface area contributed by atoms with Gasteiger partial charge in [0.1, 0.15) is 5.82 Å². The third-order valence-corrected chi connectivity index (χ3v) is 5.32. The highest BCUT2D eigenvalue weighted by molar-refractivity contribution is 6.30. The number of aliphatic hydroxyl groups is 1. The summed E-state index contributed by atoms with van der Waals surface area (Å²) in [5.74, 6) is -0.402. The molecule has 2 rings (SSSR count). The molecule has 1 N–H and O–H groups in total. The molecule has 1 saturated heterocycles. The summed E-state index contributed by atoms with van der Waals surface area (Å²) in [7, 11) is 0. The van der Waals surface area contributed by atoms with Crippen molar-refractivity contribution in [2.75, 3.05) is 13.1 Å². The van der Waals surface area contributed by atoms with Crippen molar-refractivity contribution in [1.29, 1.82) is 0 Å². The molecule has 0 aliphatic carbocycles. The van der Waals surface area contributed by atoms with E-state index in [0.717, 1.165) is 25.9 Å². The van der Waals surface area contributed by atoms with Crippen LogP contribution in [0.5, 0.6) is 0 Å². The zero-order valence-corrected chi connectivity index (χ0v) is 13.7. The topological polar surface area (TPSA) is 23.5 Å². The SMILES string of the molecule is CCC(CC)(C(O)Cc1cccc(Cl)c1F)N1CCCC1. The number of nitrogens with zero attached hydrogens (tertiary/aromatic N) is 1. The van der Waals surface area contributed by atoms with Crippen LogP contribution in [-0.4, -0.2) is 34.7 Å². The predicted molar refractivity (Wildman–Crippen MR) is 85.2 cm³/mol. The lowest BCUT2D eigenvalue weighted by Gasteiger charge is -2.44. The predicted octanol–water partition coefficient (Wildman–Crippen LogP) is 4.04. The molecule has 0 aromatic heterocycles. The van der Waals surface area contributed by atoms with Gasteiger partial charge < -0.3 is 5.11 Å². The quantitative estimate of drug-likeness (QED) is 0.857. The van der Waals surface area contributed by atoms with Crippen LogP contribution >= 0.6 is 11.6 Å². The van der Waals surface area contributed by atoms with Crippen LogP contribution in [0.3, 0.4) is 0 Å². The Kier molecular flexibility index (Phi) is 5.64. The molecule has 1 aliphatic heterocycles. The molecule has 1 aromatic rings. The Morgan fingerprint density at radius 2 is 1.90 bits per heavy atom. The molecule has 21 heavy (non-hydrogen) atoms. The molecule has 1 aliphatic rings. The van der Waals surface area contributed by atoms with Gasteiger partial charge in [-0.2, -0.15) is 0 Å². The molecule has 0 spiro atoms. The highest BCUT2D eigenvalue weighted by Gasteiger charge is 2.41. The number of hydrogen-bond acceptors (Lipinski definition) is 2. The number of rotatable bonds is 6. The van der Waals surface area contributed by atoms with Crippen LogP contribution in [0, 0.1) is 5.82 Å². The average molecular weight is 314 g/mol. The third kappa shape index (κ3) is 3.25. The Morgan fingerprint density at radius 3 is 2.48 bits per heavy atom. The van der Waals surface area contributed by atoms with Gasteiger partial charge in [-0.05, 0) is 50.4 Å². The molecule has 118 valence electrons. The number of hydrogen-bond donors (Lipinski definition) is 1. The van der Waals surface area contributed by atoms with E-state index >= 15 is 0 Å². The summed E-state index contributed by atoms with van der Waals surface area (Å²) in [4.78, 5) is 2.39. The van der Waals surface area contributed by atoms with Crippen molar-refractivity contribution in [3.63, 3.8) is 0 Å². The summed E-state index contributed by atoms with van der Waals surface area (Å²) >= 11 is 5.84. The van der Waals surface area contributed by atoms with Crippen molar-refractivity contribution in [2.24, 2.45) is 0 Å². The molecule has 4 heteroatoms. The summed E-state index contributed by atoms with van der Waals surface area (Å²) in [6, 6.07) is 4.99. The zero-order valence-electron chi connectivity index (χ0n) is 12.9. The first-order valence-corrected chi connectivity index (χ1v) is 8.29. The molecule has 0 amide bonds. The molecule has 1 unspecified atom stereocenters. The van der Waals surface area contributed by atoms with Gasteiger partial charge in [-0.15, -0.1) is 0 Å². The van der Waals surface area contributed by atoms with E-state index in [2.05, 4.69) is 18.7 Å². The second-order valence-electron chi connectivity index (χ2n) is 5.94. The van der Waals surface area contributed by atoms with Crippen LogP contribution in [0.25, 0.3) is 0 Å². The Bertz CT molecular complexity index is 470. The minimum Gasteiger partial charge on any atom is -0.391 e. The van der Waals surface area contributed by atoms with Crippen molar-refractivity contribution in [1.82, 2.24) is 4.90 Å². The molecule has 0 bridgehead atoms. The first-order valence-electron chi connectivity index (χ1n) is 7.91. The minimum absolute atomic E-state index is 0.125. The summed E-state index contributed by atoms with van der Waals surface area (Å²) in [6.45, 7) is 6.27. The second-order valence-corrected chi connectivity index (χ2v) is 6.34. The lowest BCUT2D eigenvalue weighted by Crippen LogP contribution is -2.55. The fourth-order valence-corrected chi connectivity index (χ4v) is 3.84. The van der Waals surface area contributed by atoms with Crippen LogP contribution in [0.4, 0.5) is 4.39 Å². The van der Waals surface area contributed by atoms with Crippen LogP contribution in [-0.2, 0) is 6.42 Å². The molecule has 1 atom stereocenters. The fraction of sp³-hybridized carbons (Fsp3) is 0.647. The van der Waals surface area contributed by atoms with E-state index in [1.807, 2.05) is 0 Å². The Labute approximate surface area is 131 Å². The van der Waals surface area contributed by atoms with Gasteiger partial charge in [0.15, 0.2) is 0 Å². The first-order chi connectivity index (χ1) is 10.0. The Hall–Kier alpha value is -0.640. The number of halogens is 2. The van der Waals surface area contributed by atoms with E-state index in [1.54, 1.807) is 18.2 Å². The number of benzene rings is 1. The maximum absolute atomic E-state index is 14.1. The van der Waals surface area contributed by atoms with Crippen LogP contribution in [0.15, 0.2) is 18.2 Å². The normalized spacial score (nSPS) is 18.1. The van der Waals surface area contributed by atoms with Crippen molar-refractivity contribution in [3.8, 4) is 0 Å². The largest absolute Gasteiger partial charge is 0.391 e. The highest BCUT2D eigenvalue weighted by atomic mass is 35.5. The van der Waals surface area contributed by atoms with E-state index in [1.165, 1.54) is 12.8 Å². The Morgan fingerprint density at radius 1 is 1.29 bits per heavy atom. The zero-order chi connectivity index (χ0) is 15.5. The van der Waals surface area contributed by atoms with Gasteiger partial charge in [-0.1, -0.05) is 37.6 Å². The van der Waals surface area contributed by atoms with Gasteiger partial charge in [-0.3, -0.25) is 4.90 Å². The lowest BCUT2D eigenvalue weighted by molar-refractivity contribution is -0.0273. The molecule has 2 nitrogen and oxygen atoms in total. The van der Waals surface area contributed by atoms with Crippen LogP contribution in [0.1, 0.15) is 45.1 Å². The van der Waals surface area contributed by atoms with Gasteiger partial charge in [0.05, 0.1) is 11.1 Å². The fourth-order valence-electron chi connectivity index (χ4n) is 3.65. The average Bonchev–Trinajstić information content (AvgIpc) is 3.00. The van der Waals surface area contributed by atoms with E-state index in [9.17, 15) is 9.50 Å². The second kappa shape index (κ2) is 7.08. The first kappa shape index (κ1) is 16.7. The summed E-state index contributed by atoms with van der Waals surface area (Å²) in [5.41, 5.74) is 0.242. The van der Waals surface area contributed by atoms with Gasteiger partial charge >= 0.3 is 0 Å². The van der Waals surface area contributed by atoms with Crippen LogP contribution < -0.4 is 0 Å². The lowest BCUT2D eigenvalue weighted by atomic mass is 9.81. The highest BCUT2D eigenvalue weighted by Crippen LogP contribution is 2.33. The molecule has 1 heterocycles. The molecule has 0 saturated carbocycles. The molecular formula is C17H25ClFNO. The molecular weight excluding hydrogens is 289 g/mol. The third-order valence-electron chi connectivity index (χ3n) is 5.03. The van der Waals surface area contributed by atoms with Gasteiger partial charge in [0, 0.05) is 12.0 Å². The van der Waals surface area contributed by atoms with Gasteiger partial charge in [0.25, 0.3) is 0 Å². The Balaban J connectivity index is 2.22. The van der Waals surface area contributed by atoms with Crippen LogP contribution in [0.2, 0.25) is 5.02 Å². The van der Waals surface area contributed by atoms with E-state index in [0.29, 0.717) is 12.0 Å². The maximum atomic E-state index is 14.1. The van der Waals surface area contributed by atoms with Crippen molar-refractivity contribution < 1.29 is 9.50 Å². The monoisotopic (exact) mass is 313 g/mol.